The molecular formula is C25H32BrN3O4S. The van der Waals surface area contributed by atoms with Gasteiger partial charge in [0.2, 0.25) is 15.9 Å². The Morgan fingerprint density at radius 3 is 2.35 bits per heavy atom. The first kappa shape index (κ1) is 25.2. The van der Waals surface area contributed by atoms with Crippen LogP contribution in [0.5, 0.6) is 5.75 Å². The number of amides is 1. The predicted octanol–water partition coefficient (Wildman–Crippen LogP) is 3.46. The van der Waals surface area contributed by atoms with Gasteiger partial charge in [-0.05, 0) is 56.3 Å². The summed E-state index contributed by atoms with van der Waals surface area (Å²) < 4.78 is 35.4. The van der Waals surface area contributed by atoms with Crippen molar-refractivity contribution in [2.24, 2.45) is 5.41 Å². The molecule has 0 bridgehead atoms. The van der Waals surface area contributed by atoms with Crippen LogP contribution in [-0.2, 0) is 14.8 Å². The summed E-state index contributed by atoms with van der Waals surface area (Å²) in [5.74, 6) is 0.800. The molecule has 0 aliphatic carbocycles. The number of para-hydroxylation sites is 1. The summed E-state index contributed by atoms with van der Waals surface area (Å²) in [6.45, 7) is 4.10. The average Bonchev–Trinajstić information content (AvgIpc) is 2.84. The lowest BCUT2D eigenvalue weighted by Gasteiger charge is -2.43. The predicted molar refractivity (Wildman–Crippen MR) is 135 cm³/mol. The number of hydrogen-bond donors (Lipinski definition) is 0. The van der Waals surface area contributed by atoms with Crippen LogP contribution in [-0.4, -0.2) is 81.4 Å². The average molecular weight is 551 g/mol. The number of carbonyl (C=O) groups is 1. The minimum atomic E-state index is -3.68. The van der Waals surface area contributed by atoms with Crippen LogP contribution in [0.2, 0.25) is 0 Å². The highest BCUT2D eigenvalue weighted by Gasteiger charge is 2.43. The number of benzene rings is 2. The van der Waals surface area contributed by atoms with Gasteiger partial charge in [0.05, 0.1) is 11.5 Å². The van der Waals surface area contributed by atoms with Gasteiger partial charge in [-0.3, -0.25) is 4.79 Å². The van der Waals surface area contributed by atoms with E-state index in [1.807, 2.05) is 35.2 Å². The van der Waals surface area contributed by atoms with E-state index in [9.17, 15) is 13.2 Å². The Kier molecular flexibility index (Phi) is 7.97. The standard InChI is InChI=1S/C25H32BrN3O4S/c1-27-14-16-28(17-15-27)24(30)18-25(20-33-22-6-3-2-4-7-22)12-5-13-29(19-25)34(31,32)23-10-8-21(26)9-11-23/h2-4,6-11H,5,12-20H2,1H3. The number of hydrogen-bond acceptors (Lipinski definition) is 5. The molecule has 184 valence electrons. The Hall–Kier alpha value is -1.94. The summed E-state index contributed by atoms with van der Waals surface area (Å²) >= 11 is 3.37. The second kappa shape index (κ2) is 10.8. The van der Waals surface area contributed by atoms with Crippen molar-refractivity contribution in [3.05, 3.63) is 59.1 Å². The third kappa shape index (κ3) is 6.00. The van der Waals surface area contributed by atoms with E-state index in [-0.39, 0.29) is 23.8 Å². The SMILES string of the molecule is CN1CCN(C(=O)CC2(COc3ccccc3)CCCN(S(=O)(=O)c3ccc(Br)cc3)C2)CC1. The van der Waals surface area contributed by atoms with Crippen molar-refractivity contribution >= 4 is 31.9 Å². The summed E-state index contributed by atoms with van der Waals surface area (Å²) in [6, 6.07) is 16.2. The van der Waals surface area contributed by atoms with E-state index in [4.69, 9.17) is 4.74 Å². The lowest BCUT2D eigenvalue weighted by molar-refractivity contribution is -0.136. The van der Waals surface area contributed by atoms with E-state index in [1.54, 1.807) is 24.3 Å². The lowest BCUT2D eigenvalue weighted by atomic mass is 9.78. The van der Waals surface area contributed by atoms with Gasteiger partial charge >= 0.3 is 0 Å². The van der Waals surface area contributed by atoms with Crippen LogP contribution in [0.1, 0.15) is 19.3 Å². The fraction of sp³-hybridized carbons (Fsp3) is 0.480. The zero-order chi connectivity index (χ0) is 24.2. The molecule has 0 N–H and O–H groups in total. The second-order valence-corrected chi connectivity index (χ2v) is 12.2. The van der Waals surface area contributed by atoms with Crippen molar-refractivity contribution in [1.82, 2.24) is 14.1 Å². The zero-order valence-electron chi connectivity index (χ0n) is 19.5. The van der Waals surface area contributed by atoms with Crippen molar-refractivity contribution in [1.29, 1.82) is 0 Å². The van der Waals surface area contributed by atoms with Gasteiger partial charge in [-0.25, -0.2) is 8.42 Å². The third-order valence-corrected chi connectivity index (χ3v) is 9.14. The van der Waals surface area contributed by atoms with Crippen LogP contribution >= 0.6 is 15.9 Å². The molecule has 34 heavy (non-hydrogen) atoms. The number of likely N-dealkylation sites (N-methyl/N-ethyl adjacent to an activating group) is 1. The monoisotopic (exact) mass is 549 g/mol. The third-order valence-electron chi connectivity index (χ3n) is 6.75. The van der Waals surface area contributed by atoms with Gasteiger partial charge < -0.3 is 14.5 Å². The van der Waals surface area contributed by atoms with Crippen molar-refractivity contribution < 1.29 is 17.9 Å². The molecule has 2 aromatic rings. The second-order valence-electron chi connectivity index (χ2n) is 9.36. The highest BCUT2D eigenvalue weighted by Crippen LogP contribution is 2.37. The number of ether oxygens (including phenoxy) is 1. The van der Waals surface area contributed by atoms with Crippen LogP contribution in [0.15, 0.2) is 64.0 Å². The highest BCUT2D eigenvalue weighted by molar-refractivity contribution is 9.10. The zero-order valence-corrected chi connectivity index (χ0v) is 21.9. The summed E-state index contributed by atoms with van der Waals surface area (Å²) in [4.78, 5) is 17.7. The van der Waals surface area contributed by atoms with E-state index in [0.29, 0.717) is 32.7 Å². The summed E-state index contributed by atoms with van der Waals surface area (Å²) in [5, 5.41) is 0. The summed E-state index contributed by atoms with van der Waals surface area (Å²) in [5.41, 5.74) is -0.586. The first-order valence-electron chi connectivity index (χ1n) is 11.7. The number of rotatable bonds is 7. The molecule has 9 heteroatoms. The molecule has 1 atom stereocenters. The summed E-state index contributed by atoms with van der Waals surface area (Å²) in [7, 11) is -1.62. The van der Waals surface area contributed by atoms with E-state index in [1.165, 1.54) is 4.31 Å². The number of sulfonamides is 1. The van der Waals surface area contributed by atoms with Crippen molar-refractivity contribution in [3.63, 3.8) is 0 Å². The van der Waals surface area contributed by atoms with Gasteiger partial charge in [-0.2, -0.15) is 4.31 Å². The van der Waals surface area contributed by atoms with Crippen molar-refractivity contribution in [2.45, 2.75) is 24.2 Å². The number of piperidine rings is 1. The van der Waals surface area contributed by atoms with Crippen LogP contribution < -0.4 is 4.74 Å². The number of nitrogens with zero attached hydrogens (tertiary/aromatic N) is 3. The van der Waals surface area contributed by atoms with Gasteiger partial charge in [-0.1, -0.05) is 34.1 Å². The van der Waals surface area contributed by atoms with Crippen LogP contribution in [0, 0.1) is 5.41 Å². The number of carbonyl (C=O) groups excluding carboxylic acids is 1. The van der Waals surface area contributed by atoms with Crippen LogP contribution in [0.25, 0.3) is 0 Å². The van der Waals surface area contributed by atoms with Gasteiger partial charge in [0.15, 0.2) is 0 Å². The number of piperazine rings is 1. The Morgan fingerprint density at radius 1 is 1.00 bits per heavy atom. The maximum Gasteiger partial charge on any atom is 0.243 e. The Labute approximate surface area is 210 Å². The van der Waals surface area contributed by atoms with E-state index >= 15 is 0 Å². The van der Waals surface area contributed by atoms with Gasteiger partial charge in [0, 0.05) is 55.6 Å². The Bertz CT molecular complexity index is 1070. The summed E-state index contributed by atoms with van der Waals surface area (Å²) in [6.07, 6.45) is 1.70. The van der Waals surface area contributed by atoms with E-state index in [0.717, 1.165) is 29.7 Å². The molecule has 4 rings (SSSR count). The maximum atomic E-state index is 13.5. The fourth-order valence-electron chi connectivity index (χ4n) is 4.68. The maximum absolute atomic E-state index is 13.5. The van der Waals surface area contributed by atoms with Gasteiger partial charge in [-0.15, -0.1) is 0 Å². The molecule has 2 aliphatic heterocycles. The molecule has 2 fully saturated rings. The molecule has 2 heterocycles. The quantitative estimate of drug-likeness (QED) is 0.528. The largest absolute Gasteiger partial charge is 0.493 e. The molecule has 1 amide bonds. The first-order valence-corrected chi connectivity index (χ1v) is 13.9. The molecular weight excluding hydrogens is 518 g/mol. The van der Waals surface area contributed by atoms with Crippen molar-refractivity contribution in [2.75, 3.05) is 52.9 Å². The minimum Gasteiger partial charge on any atom is -0.493 e. The molecule has 2 saturated heterocycles. The van der Waals surface area contributed by atoms with E-state index in [2.05, 4.69) is 27.9 Å². The van der Waals surface area contributed by atoms with Crippen LogP contribution in [0.4, 0.5) is 0 Å². The fourth-order valence-corrected chi connectivity index (χ4v) is 6.53. The highest BCUT2D eigenvalue weighted by atomic mass is 79.9. The first-order chi connectivity index (χ1) is 16.3. The smallest absolute Gasteiger partial charge is 0.243 e. The van der Waals surface area contributed by atoms with Crippen molar-refractivity contribution in [3.8, 4) is 5.75 Å². The van der Waals surface area contributed by atoms with E-state index < -0.39 is 15.4 Å². The molecule has 2 aliphatic rings. The van der Waals surface area contributed by atoms with Gasteiger partial charge in [0.1, 0.15) is 5.75 Å². The molecule has 2 aromatic carbocycles. The molecule has 0 aromatic heterocycles. The Balaban J connectivity index is 1.56. The minimum absolute atomic E-state index is 0.0765. The molecule has 7 nitrogen and oxygen atoms in total. The molecule has 0 saturated carbocycles. The lowest BCUT2D eigenvalue weighted by Crippen LogP contribution is -2.53. The molecule has 0 spiro atoms. The van der Waals surface area contributed by atoms with Gasteiger partial charge in [0.25, 0.3) is 0 Å². The Morgan fingerprint density at radius 2 is 1.68 bits per heavy atom. The van der Waals surface area contributed by atoms with Crippen LogP contribution in [0.3, 0.4) is 0 Å². The number of halogens is 1. The molecule has 1 unspecified atom stereocenters. The topological polar surface area (TPSA) is 70.2 Å². The normalized spacial score (nSPS) is 22.5. The molecule has 0 radical (unpaired) electrons.